The number of amides is 2. The minimum atomic E-state index is -1.14. The van der Waals surface area contributed by atoms with Crippen LogP contribution >= 0.6 is 0 Å². The number of nitrogens with one attached hydrogen (secondary N) is 1. The topological polar surface area (TPSA) is 97.3 Å². The van der Waals surface area contributed by atoms with E-state index in [2.05, 4.69) is 5.32 Å². The molecule has 8 nitrogen and oxygen atoms in total. The van der Waals surface area contributed by atoms with Crippen molar-refractivity contribution in [2.24, 2.45) is 5.41 Å². The number of nitrogens with zero attached hydrogens (tertiary/aromatic N) is 1. The Morgan fingerprint density at radius 1 is 1.26 bits per heavy atom. The number of hydrogen-bond acceptors (Lipinski definition) is 6. The zero-order chi connectivity index (χ0) is 25.3. The minimum absolute atomic E-state index is 0.110. The lowest BCUT2D eigenvalue weighted by molar-refractivity contribution is -0.334. The predicted octanol–water partition coefficient (Wildman–Crippen LogP) is 2.18. The Kier molecular flexibility index (Phi) is 7.87. The number of carbonyl (C=O) groups is 2. The van der Waals surface area contributed by atoms with E-state index in [1.165, 1.54) is 7.11 Å². The quantitative estimate of drug-likeness (QED) is 0.635. The molecule has 0 aromatic heterocycles. The summed E-state index contributed by atoms with van der Waals surface area (Å²) in [5.41, 5.74) is 1.95. The number of methoxy groups -OCH3 is 1. The molecule has 188 valence electrons. The molecule has 2 aliphatic rings. The van der Waals surface area contributed by atoms with Gasteiger partial charge < -0.3 is 29.5 Å². The van der Waals surface area contributed by atoms with Crippen molar-refractivity contribution in [3.63, 3.8) is 0 Å². The number of benzene rings is 1. The predicted molar refractivity (Wildman–Crippen MR) is 128 cm³/mol. The number of hydrogen-bond donors (Lipinski definition) is 2. The molecule has 1 unspecified atom stereocenters. The molecule has 34 heavy (non-hydrogen) atoms. The zero-order valence-corrected chi connectivity index (χ0v) is 21.2. The fourth-order valence-corrected chi connectivity index (χ4v) is 4.36. The molecule has 0 aliphatic carbocycles. The maximum absolute atomic E-state index is 13.3. The van der Waals surface area contributed by atoms with Crippen LogP contribution in [0.15, 0.2) is 36.4 Å². The van der Waals surface area contributed by atoms with Crippen molar-refractivity contribution in [3.8, 4) is 0 Å². The van der Waals surface area contributed by atoms with Gasteiger partial charge in [0.15, 0.2) is 11.9 Å². The van der Waals surface area contributed by atoms with Gasteiger partial charge in [-0.05, 0) is 30.4 Å². The first-order valence-electron chi connectivity index (χ1n) is 11.7. The first kappa shape index (κ1) is 26.3. The standard InChI is InChI=1S/C26H38N2O6/c1-25(2,3)13-12-19-20(29)21(34-26(4,5)33-19)22(32-7)23(30)27-18-14-16-10-8-9-11-17(16)15-28(6)24(18)31/h8-13,18-22,29H,14-15H2,1-7H3,(H,27,30)/t18?,19-,20+,21-,22-/m1/s1. The van der Waals surface area contributed by atoms with E-state index in [0.717, 1.165) is 11.1 Å². The average molecular weight is 475 g/mol. The molecule has 2 heterocycles. The van der Waals surface area contributed by atoms with Crippen LogP contribution in [0.5, 0.6) is 0 Å². The second kappa shape index (κ2) is 10.2. The Hall–Kier alpha value is -2.26. The molecule has 0 spiro atoms. The van der Waals surface area contributed by atoms with E-state index in [1.807, 2.05) is 51.1 Å². The second-order valence-electron chi connectivity index (χ2n) is 10.7. The van der Waals surface area contributed by atoms with Gasteiger partial charge in [0, 0.05) is 27.1 Å². The molecule has 1 saturated heterocycles. The number of ether oxygens (including phenoxy) is 3. The third-order valence-electron chi connectivity index (χ3n) is 6.05. The lowest BCUT2D eigenvalue weighted by Crippen LogP contribution is -2.62. The molecule has 0 bridgehead atoms. The first-order valence-corrected chi connectivity index (χ1v) is 11.7. The van der Waals surface area contributed by atoms with E-state index >= 15 is 0 Å². The monoisotopic (exact) mass is 474 g/mol. The smallest absolute Gasteiger partial charge is 0.252 e. The van der Waals surface area contributed by atoms with Crippen molar-refractivity contribution >= 4 is 11.8 Å². The fraction of sp³-hybridized carbons (Fsp3) is 0.615. The Morgan fingerprint density at radius 3 is 2.53 bits per heavy atom. The van der Waals surface area contributed by atoms with Gasteiger partial charge in [0.05, 0.1) is 0 Å². The van der Waals surface area contributed by atoms with Crippen molar-refractivity contribution < 1.29 is 28.9 Å². The van der Waals surface area contributed by atoms with Crippen LogP contribution in [-0.4, -0.2) is 72.2 Å². The maximum atomic E-state index is 13.3. The van der Waals surface area contributed by atoms with Gasteiger partial charge >= 0.3 is 0 Å². The van der Waals surface area contributed by atoms with Crippen LogP contribution in [0.25, 0.3) is 0 Å². The summed E-state index contributed by atoms with van der Waals surface area (Å²) in [5, 5.41) is 13.9. The van der Waals surface area contributed by atoms with E-state index in [1.54, 1.807) is 31.9 Å². The van der Waals surface area contributed by atoms with Gasteiger partial charge in [-0.2, -0.15) is 0 Å². The molecule has 2 N–H and O–H groups in total. The number of aliphatic hydroxyl groups is 1. The normalized spacial score (nSPS) is 28.4. The van der Waals surface area contributed by atoms with E-state index in [-0.39, 0.29) is 11.3 Å². The number of fused-ring (bicyclic) bond motifs is 1. The number of likely N-dealkylation sites (N-methyl/N-ethyl adjacent to an activating group) is 1. The van der Waals surface area contributed by atoms with E-state index in [4.69, 9.17) is 14.2 Å². The lowest BCUT2D eigenvalue weighted by atomic mass is 9.93. The van der Waals surface area contributed by atoms with Crippen LogP contribution in [0.1, 0.15) is 45.7 Å². The maximum Gasteiger partial charge on any atom is 0.252 e. The van der Waals surface area contributed by atoms with E-state index in [9.17, 15) is 14.7 Å². The van der Waals surface area contributed by atoms with Crippen molar-refractivity contribution in [1.82, 2.24) is 10.2 Å². The highest BCUT2D eigenvalue weighted by Gasteiger charge is 2.48. The van der Waals surface area contributed by atoms with Gasteiger partial charge in [-0.3, -0.25) is 9.59 Å². The second-order valence-corrected chi connectivity index (χ2v) is 10.7. The van der Waals surface area contributed by atoms with Gasteiger partial charge in [-0.1, -0.05) is 57.2 Å². The highest BCUT2D eigenvalue weighted by atomic mass is 16.7. The Bertz CT molecular complexity index is 922. The molecular weight excluding hydrogens is 436 g/mol. The SMILES string of the molecule is CO[C@@H](C(=O)NC1Cc2ccccc2CN(C)C1=O)[C@@H]1OC(C)(C)O[C@H](C=CC(C)(C)C)[C@@H]1O. The molecule has 5 atom stereocenters. The third kappa shape index (κ3) is 6.24. The Labute approximate surface area is 202 Å². The van der Waals surface area contributed by atoms with Crippen LogP contribution < -0.4 is 5.32 Å². The molecule has 2 amide bonds. The van der Waals surface area contributed by atoms with Crippen LogP contribution in [0, 0.1) is 5.41 Å². The summed E-state index contributed by atoms with van der Waals surface area (Å²) in [5.74, 6) is -1.75. The molecule has 1 aromatic carbocycles. The average Bonchev–Trinajstić information content (AvgIpc) is 2.85. The highest BCUT2D eigenvalue weighted by Crippen LogP contribution is 2.31. The summed E-state index contributed by atoms with van der Waals surface area (Å²) >= 11 is 0. The van der Waals surface area contributed by atoms with Gasteiger partial charge in [0.25, 0.3) is 5.91 Å². The Balaban J connectivity index is 1.81. The molecule has 3 rings (SSSR count). The molecule has 1 fully saturated rings. The van der Waals surface area contributed by atoms with Gasteiger partial charge in [0.1, 0.15) is 24.4 Å². The third-order valence-corrected chi connectivity index (χ3v) is 6.05. The van der Waals surface area contributed by atoms with Crippen LogP contribution in [0.4, 0.5) is 0 Å². The lowest BCUT2D eigenvalue weighted by Gasteiger charge is -2.45. The van der Waals surface area contributed by atoms with Crippen LogP contribution in [-0.2, 0) is 36.8 Å². The summed E-state index contributed by atoms with van der Waals surface area (Å²) in [6.07, 6.45) is 0.175. The number of aliphatic hydroxyl groups excluding tert-OH is 1. The Morgan fingerprint density at radius 2 is 1.91 bits per heavy atom. The van der Waals surface area contributed by atoms with Crippen molar-refractivity contribution in [3.05, 3.63) is 47.5 Å². The summed E-state index contributed by atoms with van der Waals surface area (Å²) < 4.78 is 17.4. The number of carbonyl (C=O) groups excluding carboxylic acids is 2. The molecule has 0 saturated carbocycles. The van der Waals surface area contributed by atoms with Gasteiger partial charge in [-0.15, -0.1) is 0 Å². The molecular formula is C26H38N2O6. The first-order chi connectivity index (χ1) is 15.8. The van der Waals surface area contributed by atoms with Gasteiger partial charge in [0.2, 0.25) is 5.91 Å². The zero-order valence-electron chi connectivity index (χ0n) is 21.2. The van der Waals surface area contributed by atoms with Crippen molar-refractivity contribution in [2.75, 3.05) is 14.2 Å². The van der Waals surface area contributed by atoms with E-state index < -0.39 is 42.2 Å². The summed E-state index contributed by atoms with van der Waals surface area (Å²) in [7, 11) is 3.11. The van der Waals surface area contributed by atoms with E-state index in [0.29, 0.717) is 13.0 Å². The van der Waals surface area contributed by atoms with Crippen molar-refractivity contribution in [1.29, 1.82) is 0 Å². The summed E-state index contributed by atoms with van der Waals surface area (Å²) in [6, 6.07) is 7.06. The van der Waals surface area contributed by atoms with Gasteiger partial charge in [-0.25, -0.2) is 0 Å². The molecule has 2 aliphatic heterocycles. The van der Waals surface area contributed by atoms with Crippen molar-refractivity contribution in [2.45, 2.75) is 83.8 Å². The highest BCUT2D eigenvalue weighted by molar-refractivity contribution is 5.90. The molecule has 0 radical (unpaired) electrons. The molecule has 8 heteroatoms. The largest absolute Gasteiger partial charge is 0.387 e. The summed E-state index contributed by atoms with van der Waals surface area (Å²) in [6.45, 7) is 10.1. The fourth-order valence-electron chi connectivity index (χ4n) is 4.36. The van der Waals surface area contributed by atoms with Crippen LogP contribution in [0.2, 0.25) is 0 Å². The minimum Gasteiger partial charge on any atom is -0.387 e. The molecule has 1 aromatic rings. The summed E-state index contributed by atoms with van der Waals surface area (Å²) in [4.78, 5) is 27.9. The number of rotatable bonds is 5. The number of allylic oxidation sites excluding steroid dienone is 1. The van der Waals surface area contributed by atoms with Crippen LogP contribution in [0.3, 0.4) is 0 Å².